The van der Waals surface area contributed by atoms with Gasteiger partial charge in [-0.25, -0.2) is 0 Å². The Morgan fingerprint density at radius 3 is 2.74 bits per heavy atom. The van der Waals surface area contributed by atoms with Gasteiger partial charge in [-0.2, -0.15) is 11.8 Å². The molecule has 1 aliphatic rings. The number of thiocarbonyl (C=S) groups is 1. The van der Waals surface area contributed by atoms with E-state index >= 15 is 0 Å². The molecule has 0 radical (unpaired) electrons. The topological polar surface area (TPSA) is 55.1 Å². The zero-order chi connectivity index (χ0) is 13.7. The van der Waals surface area contributed by atoms with Crippen molar-refractivity contribution >= 4 is 34.9 Å². The second-order valence-electron chi connectivity index (χ2n) is 4.72. The summed E-state index contributed by atoms with van der Waals surface area (Å²) < 4.78 is 0. The van der Waals surface area contributed by atoms with Crippen molar-refractivity contribution in [1.29, 1.82) is 0 Å². The first-order chi connectivity index (χ1) is 9.15. The number of hydrogen-bond acceptors (Lipinski definition) is 3. The summed E-state index contributed by atoms with van der Waals surface area (Å²) in [6, 6.07) is 7.87. The lowest BCUT2D eigenvalue weighted by molar-refractivity contribution is -0.121. The van der Waals surface area contributed by atoms with E-state index in [-0.39, 0.29) is 5.91 Å². The monoisotopic (exact) mass is 294 g/mol. The van der Waals surface area contributed by atoms with Crippen LogP contribution in [0.4, 0.5) is 0 Å². The minimum absolute atomic E-state index is 0.0931. The molecule has 102 valence electrons. The molecule has 19 heavy (non-hydrogen) atoms. The van der Waals surface area contributed by atoms with E-state index in [1.165, 1.54) is 12.2 Å². The second-order valence-corrected chi connectivity index (χ2v) is 6.31. The van der Waals surface area contributed by atoms with Crippen molar-refractivity contribution in [2.75, 3.05) is 11.5 Å². The van der Waals surface area contributed by atoms with Crippen molar-refractivity contribution in [3.05, 3.63) is 35.4 Å². The minimum atomic E-state index is 0.0931. The molecule has 1 heterocycles. The minimum Gasteiger partial charge on any atom is -0.389 e. The third kappa shape index (κ3) is 4.51. The van der Waals surface area contributed by atoms with Crippen molar-refractivity contribution < 1.29 is 4.79 Å². The Bertz CT molecular complexity index is 453. The Hall–Kier alpha value is -1.07. The van der Waals surface area contributed by atoms with Crippen molar-refractivity contribution in [3.8, 4) is 0 Å². The summed E-state index contributed by atoms with van der Waals surface area (Å²) in [5.41, 5.74) is 7.36. The standard InChI is InChI=1S/C14H18N2OS2/c15-14(18)11-5-3-10(4-6-11)8-13(17)16-12-2-1-7-19-9-12/h3-6,12H,1-2,7-9H2,(H2,15,18)(H,16,17). The highest BCUT2D eigenvalue weighted by molar-refractivity contribution is 7.99. The van der Waals surface area contributed by atoms with Crippen LogP contribution in [0.25, 0.3) is 0 Å². The molecule has 3 N–H and O–H groups in total. The SMILES string of the molecule is NC(=S)c1ccc(CC(=O)NC2CCCSC2)cc1. The first-order valence-electron chi connectivity index (χ1n) is 6.41. The van der Waals surface area contributed by atoms with Crippen LogP contribution in [-0.2, 0) is 11.2 Å². The third-order valence-electron chi connectivity index (χ3n) is 3.13. The lowest BCUT2D eigenvalue weighted by Crippen LogP contribution is -2.39. The van der Waals surface area contributed by atoms with E-state index in [0.29, 0.717) is 17.5 Å². The summed E-state index contributed by atoms with van der Waals surface area (Å²) in [5, 5.41) is 3.09. The predicted molar refractivity (Wildman–Crippen MR) is 84.5 cm³/mol. The maximum Gasteiger partial charge on any atom is 0.224 e. The molecule has 1 aromatic carbocycles. The molecule has 1 amide bonds. The maximum absolute atomic E-state index is 11.9. The Kier molecular flexibility index (Phi) is 5.22. The smallest absolute Gasteiger partial charge is 0.224 e. The Morgan fingerprint density at radius 1 is 1.42 bits per heavy atom. The van der Waals surface area contributed by atoms with Gasteiger partial charge in [0.15, 0.2) is 0 Å². The second kappa shape index (κ2) is 6.91. The molecule has 0 saturated carbocycles. The zero-order valence-corrected chi connectivity index (χ0v) is 12.4. The van der Waals surface area contributed by atoms with Gasteiger partial charge in [0.05, 0.1) is 6.42 Å². The molecule has 0 spiro atoms. The molecule has 1 atom stereocenters. The third-order valence-corrected chi connectivity index (χ3v) is 4.58. The lowest BCUT2D eigenvalue weighted by Gasteiger charge is -2.22. The quantitative estimate of drug-likeness (QED) is 0.833. The Morgan fingerprint density at radius 2 is 2.16 bits per heavy atom. The number of nitrogens with one attached hydrogen (secondary N) is 1. The van der Waals surface area contributed by atoms with Crippen molar-refractivity contribution in [3.63, 3.8) is 0 Å². The number of carbonyl (C=O) groups excluding carboxylic acids is 1. The summed E-state index contributed by atoms with van der Waals surface area (Å²) in [6.07, 6.45) is 2.70. The van der Waals surface area contributed by atoms with Crippen LogP contribution in [-0.4, -0.2) is 28.4 Å². The summed E-state index contributed by atoms with van der Waals surface area (Å²) in [7, 11) is 0. The van der Waals surface area contributed by atoms with E-state index in [4.69, 9.17) is 18.0 Å². The number of carbonyl (C=O) groups is 1. The molecule has 1 fully saturated rings. The molecular formula is C14H18N2OS2. The molecule has 3 nitrogen and oxygen atoms in total. The first kappa shape index (κ1) is 14.3. The van der Waals surface area contributed by atoms with E-state index in [9.17, 15) is 4.79 Å². The molecule has 5 heteroatoms. The van der Waals surface area contributed by atoms with Crippen LogP contribution in [0.2, 0.25) is 0 Å². The van der Waals surface area contributed by atoms with Gasteiger partial charge in [-0.1, -0.05) is 36.5 Å². The fourth-order valence-electron chi connectivity index (χ4n) is 2.11. The van der Waals surface area contributed by atoms with Gasteiger partial charge in [0.1, 0.15) is 4.99 Å². The Labute approximate surface area is 123 Å². The average Bonchev–Trinajstić information content (AvgIpc) is 2.40. The number of benzene rings is 1. The van der Waals surface area contributed by atoms with E-state index in [1.807, 2.05) is 36.0 Å². The van der Waals surface area contributed by atoms with E-state index in [2.05, 4.69) is 5.32 Å². The normalized spacial score (nSPS) is 18.8. The molecule has 1 aromatic rings. The molecule has 0 aliphatic carbocycles. The number of thioether (sulfide) groups is 1. The van der Waals surface area contributed by atoms with Gasteiger partial charge >= 0.3 is 0 Å². The lowest BCUT2D eigenvalue weighted by atomic mass is 10.1. The summed E-state index contributed by atoms with van der Waals surface area (Å²) >= 11 is 6.81. The summed E-state index contributed by atoms with van der Waals surface area (Å²) in [5.74, 6) is 2.34. The van der Waals surface area contributed by atoms with Crippen LogP contribution in [0.5, 0.6) is 0 Å². The van der Waals surface area contributed by atoms with Gasteiger partial charge in [-0.3, -0.25) is 4.79 Å². The fourth-order valence-corrected chi connectivity index (χ4v) is 3.31. The summed E-state index contributed by atoms with van der Waals surface area (Å²) in [4.78, 5) is 12.3. The van der Waals surface area contributed by atoms with Gasteiger partial charge in [-0.15, -0.1) is 0 Å². The van der Waals surface area contributed by atoms with E-state index in [0.717, 1.165) is 23.3 Å². The van der Waals surface area contributed by atoms with Crippen molar-refractivity contribution in [2.45, 2.75) is 25.3 Å². The number of rotatable bonds is 4. The largest absolute Gasteiger partial charge is 0.389 e. The van der Waals surface area contributed by atoms with E-state index < -0.39 is 0 Å². The highest BCUT2D eigenvalue weighted by Crippen LogP contribution is 2.17. The van der Waals surface area contributed by atoms with Crippen LogP contribution in [0.15, 0.2) is 24.3 Å². The average molecular weight is 294 g/mol. The number of nitrogens with two attached hydrogens (primary N) is 1. The highest BCUT2D eigenvalue weighted by atomic mass is 32.2. The van der Waals surface area contributed by atoms with Crippen LogP contribution in [0.1, 0.15) is 24.0 Å². The highest BCUT2D eigenvalue weighted by Gasteiger charge is 2.15. The van der Waals surface area contributed by atoms with Gasteiger partial charge in [0.2, 0.25) is 5.91 Å². The van der Waals surface area contributed by atoms with Crippen molar-refractivity contribution in [2.24, 2.45) is 5.73 Å². The molecule has 0 bridgehead atoms. The number of amides is 1. The molecule has 2 rings (SSSR count). The fraction of sp³-hybridized carbons (Fsp3) is 0.429. The van der Waals surface area contributed by atoms with Crippen LogP contribution in [0.3, 0.4) is 0 Å². The number of hydrogen-bond donors (Lipinski definition) is 2. The Balaban J connectivity index is 1.85. The molecule has 0 aromatic heterocycles. The van der Waals surface area contributed by atoms with Crippen LogP contribution >= 0.6 is 24.0 Å². The van der Waals surface area contributed by atoms with Crippen LogP contribution in [0, 0.1) is 0 Å². The van der Waals surface area contributed by atoms with Crippen LogP contribution < -0.4 is 11.1 Å². The molecular weight excluding hydrogens is 276 g/mol. The molecule has 1 unspecified atom stereocenters. The molecule has 1 aliphatic heterocycles. The first-order valence-corrected chi connectivity index (χ1v) is 7.97. The molecule has 1 saturated heterocycles. The summed E-state index contributed by atoms with van der Waals surface area (Å²) in [6.45, 7) is 0. The zero-order valence-electron chi connectivity index (χ0n) is 10.7. The maximum atomic E-state index is 11.9. The van der Waals surface area contributed by atoms with Gasteiger partial charge < -0.3 is 11.1 Å². The predicted octanol–water partition coefficient (Wildman–Crippen LogP) is 1.88. The van der Waals surface area contributed by atoms with Gasteiger partial charge in [-0.05, 0) is 24.2 Å². The van der Waals surface area contributed by atoms with Gasteiger partial charge in [0, 0.05) is 17.4 Å². The van der Waals surface area contributed by atoms with Crippen molar-refractivity contribution in [1.82, 2.24) is 5.32 Å². The van der Waals surface area contributed by atoms with Gasteiger partial charge in [0.25, 0.3) is 0 Å². The van der Waals surface area contributed by atoms with E-state index in [1.54, 1.807) is 0 Å².